The average molecular weight is 859 g/mol. The Labute approximate surface area is 366 Å². The van der Waals surface area contributed by atoms with E-state index in [0.29, 0.717) is 0 Å². The van der Waals surface area contributed by atoms with Gasteiger partial charge in [0.15, 0.2) is 0 Å². The van der Waals surface area contributed by atoms with Crippen molar-refractivity contribution in [2.45, 2.75) is 125 Å². The van der Waals surface area contributed by atoms with Crippen LogP contribution in [-0.4, -0.2) is 3.21 Å². The van der Waals surface area contributed by atoms with Gasteiger partial charge in [-0.15, -0.1) is 11.6 Å². The SMILES string of the molecule is CC(C)(C)c1ccc([C](=[Zr+2])c2ccc(C(C)(C)C)cc2)cc1.CC1=[C-]C(C)(C)c2cc3c(cc21)-c1cc2c(cc1C3)C(C)(C)C=C2C.Cc1c[cH-]c(C)c1.[Cl-].[Cl-]. The molecule has 0 aromatic heterocycles. The zero-order chi connectivity index (χ0) is 39.5. The number of aryl methyl sites for hydroxylation is 2. The predicted molar refractivity (Wildman–Crippen MR) is 232 cm³/mol. The summed E-state index contributed by atoms with van der Waals surface area (Å²) in [4.78, 5) is 0. The van der Waals surface area contributed by atoms with Crippen LogP contribution in [0, 0.1) is 19.9 Å². The minimum Gasteiger partial charge on any atom is -1.00 e. The maximum absolute atomic E-state index is 3.65. The molecule has 0 aliphatic heterocycles. The Hall–Kier alpha value is -2.96. The fourth-order valence-corrected chi connectivity index (χ4v) is 9.25. The molecule has 0 atom stereocenters. The first-order chi connectivity index (χ1) is 25.0. The van der Waals surface area contributed by atoms with E-state index in [1.54, 1.807) is 0 Å². The topological polar surface area (TPSA) is 0 Å². The van der Waals surface area contributed by atoms with Crippen LogP contribution >= 0.6 is 0 Å². The molecule has 8 rings (SSSR count). The molecule has 0 saturated heterocycles. The Morgan fingerprint density at radius 2 is 1.09 bits per heavy atom. The minimum atomic E-state index is 0. The van der Waals surface area contributed by atoms with Gasteiger partial charge in [-0.3, -0.25) is 6.08 Å². The molecule has 292 valence electrons. The van der Waals surface area contributed by atoms with Crippen molar-refractivity contribution in [3.8, 4) is 11.1 Å². The third-order valence-corrected chi connectivity index (χ3v) is 13.0. The minimum absolute atomic E-state index is 0. The van der Waals surface area contributed by atoms with E-state index in [0.717, 1.165) is 6.42 Å². The Morgan fingerprint density at radius 1 is 0.625 bits per heavy atom. The Kier molecular flexibility index (Phi) is 13.7. The molecule has 0 radical (unpaired) electrons. The molecule has 0 amide bonds. The van der Waals surface area contributed by atoms with Gasteiger partial charge in [0.05, 0.1) is 0 Å². The quantitative estimate of drug-likeness (QED) is 0.156. The molecule has 3 aliphatic rings. The van der Waals surface area contributed by atoms with Crippen molar-refractivity contribution >= 4 is 14.4 Å². The van der Waals surface area contributed by atoms with E-state index >= 15 is 0 Å². The molecule has 56 heavy (non-hydrogen) atoms. The van der Waals surface area contributed by atoms with Crippen LogP contribution in [0.4, 0.5) is 0 Å². The van der Waals surface area contributed by atoms with Gasteiger partial charge in [0.25, 0.3) is 0 Å². The Balaban J connectivity index is 0.000000207. The summed E-state index contributed by atoms with van der Waals surface area (Å²) in [7, 11) is 0. The number of hydrogen-bond donors (Lipinski definition) is 0. The second kappa shape index (κ2) is 16.7. The van der Waals surface area contributed by atoms with Gasteiger partial charge in [0, 0.05) is 5.41 Å². The maximum atomic E-state index is 3.65. The molecular weight excluding hydrogens is 799 g/mol. The van der Waals surface area contributed by atoms with Crippen LogP contribution < -0.4 is 24.8 Å². The van der Waals surface area contributed by atoms with Crippen LogP contribution in [0.5, 0.6) is 0 Å². The molecule has 5 aromatic rings. The third kappa shape index (κ3) is 9.49. The van der Waals surface area contributed by atoms with Crippen LogP contribution in [-0.2, 0) is 52.3 Å². The molecule has 0 spiro atoms. The van der Waals surface area contributed by atoms with Gasteiger partial charge in [0.1, 0.15) is 0 Å². The number of halogens is 2. The number of hydrogen-bond acceptors (Lipinski definition) is 0. The monoisotopic (exact) mass is 856 g/mol. The van der Waals surface area contributed by atoms with Crippen molar-refractivity contribution < 1.29 is 49.0 Å². The van der Waals surface area contributed by atoms with Gasteiger partial charge in [-0.05, 0) is 58.4 Å². The molecule has 0 unspecified atom stereocenters. The van der Waals surface area contributed by atoms with Gasteiger partial charge in [-0.25, -0.2) is 17.2 Å². The zero-order valence-electron chi connectivity index (χ0n) is 36.2. The molecule has 0 fully saturated rings. The molecule has 0 N–H and O–H groups in total. The Bertz CT molecular complexity index is 2130. The number of rotatable bonds is 2. The van der Waals surface area contributed by atoms with Crippen molar-refractivity contribution in [3.63, 3.8) is 0 Å². The van der Waals surface area contributed by atoms with E-state index in [2.05, 4.69) is 200 Å². The third-order valence-electron chi connectivity index (χ3n) is 11.6. The fourth-order valence-electron chi connectivity index (χ4n) is 8.43. The van der Waals surface area contributed by atoms with Crippen molar-refractivity contribution in [1.29, 1.82) is 0 Å². The van der Waals surface area contributed by atoms with Crippen LogP contribution in [0.1, 0.15) is 150 Å². The molecule has 3 aliphatic carbocycles. The first-order valence-electron chi connectivity index (χ1n) is 19.7. The summed E-state index contributed by atoms with van der Waals surface area (Å²) >= 11 is 1.46. The van der Waals surface area contributed by atoms with Gasteiger partial charge in [0.2, 0.25) is 0 Å². The van der Waals surface area contributed by atoms with Crippen LogP contribution in [0.2, 0.25) is 0 Å². The van der Waals surface area contributed by atoms with E-state index in [4.69, 9.17) is 0 Å². The maximum Gasteiger partial charge on any atom is 0.00873 e. The van der Waals surface area contributed by atoms with Crippen LogP contribution in [0.3, 0.4) is 0 Å². The van der Waals surface area contributed by atoms with E-state index in [9.17, 15) is 0 Å². The summed E-state index contributed by atoms with van der Waals surface area (Å²) in [5.74, 6) is 0. The van der Waals surface area contributed by atoms with Gasteiger partial charge in [-0.2, -0.15) is 23.3 Å². The average Bonchev–Trinajstić information content (AvgIpc) is 3.78. The zero-order valence-corrected chi connectivity index (χ0v) is 40.2. The van der Waals surface area contributed by atoms with Gasteiger partial charge >= 0.3 is 151 Å². The normalized spacial score (nSPS) is 15.2. The van der Waals surface area contributed by atoms with Gasteiger partial charge in [-0.1, -0.05) is 72.1 Å². The Morgan fingerprint density at radius 3 is 1.50 bits per heavy atom. The summed E-state index contributed by atoms with van der Waals surface area (Å²) in [5, 5.41) is 0. The van der Waals surface area contributed by atoms with Gasteiger partial charge < -0.3 is 24.8 Å². The standard InChI is InChI=1S/C25H25.C21H26.C7H9.2ClH.Zr/c1-14-12-24(3,4)22-8-16-7-17-9-23-19(15(2)13-25(23,5)6)11-21(17)20(16)10-18(14)22;1-20(2,3)18-11-7-16(8-12-18)15-17-9-13-19(14-10-17)21(4,5)6;1-6-3-4-7(2)5-6;;;/h8-12H,7H2,1-6H3;7-14H,1-6H3;3-5H,1-2H3;2*1H;/q-1;;-1;;;+2/p-2. The van der Waals surface area contributed by atoms with E-state index in [1.807, 2.05) is 0 Å². The fraction of sp³-hybridized carbons (Fsp3) is 0.358. The summed E-state index contributed by atoms with van der Waals surface area (Å²) in [6, 6.07) is 34.3. The second-order valence-corrected chi connectivity index (χ2v) is 20.4. The second-order valence-electron chi connectivity index (χ2n) is 19.2. The number of allylic oxidation sites excluding steroid dienone is 4. The molecule has 5 aromatic carbocycles. The van der Waals surface area contributed by atoms with E-state index < -0.39 is 0 Å². The summed E-state index contributed by atoms with van der Waals surface area (Å²) in [5.41, 5.74) is 23.2. The summed E-state index contributed by atoms with van der Waals surface area (Å²) < 4.78 is 1.42. The van der Waals surface area contributed by atoms with E-state index in [1.165, 1.54) is 116 Å². The van der Waals surface area contributed by atoms with Crippen LogP contribution in [0.15, 0.2) is 97.1 Å². The molecule has 0 heterocycles. The first-order valence-corrected chi connectivity index (χ1v) is 21.0. The summed E-state index contributed by atoms with van der Waals surface area (Å²) in [6.45, 7) is 31.4. The molecule has 0 nitrogen and oxygen atoms in total. The molecule has 0 bridgehead atoms. The predicted octanol–water partition coefficient (Wildman–Crippen LogP) is 7.88. The van der Waals surface area contributed by atoms with Crippen molar-refractivity contribution in [3.05, 3.63) is 170 Å². The van der Waals surface area contributed by atoms with Crippen molar-refractivity contribution in [1.82, 2.24) is 0 Å². The van der Waals surface area contributed by atoms with Crippen molar-refractivity contribution in [2.75, 3.05) is 0 Å². The number of fused-ring (bicyclic) bond motifs is 5. The number of benzene rings is 4. The smallest absolute Gasteiger partial charge is 0.00873 e. The molecule has 3 heteroatoms. The van der Waals surface area contributed by atoms with E-state index in [-0.39, 0.29) is 46.5 Å². The first kappa shape index (κ1) is 45.7. The molecule has 0 saturated carbocycles. The molecular formula is C53H60Cl2Zr-2. The van der Waals surface area contributed by atoms with Crippen molar-refractivity contribution in [2.24, 2.45) is 0 Å². The van der Waals surface area contributed by atoms with Crippen LogP contribution in [0.25, 0.3) is 22.3 Å². The summed E-state index contributed by atoms with van der Waals surface area (Å²) in [6.07, 6.45) is 7.13. The largest absolute Gasteiger partial charge is 1.00 e.